The lowest BCUT2D eigenvalue weighted by atomic mass is 9.47. The van der Waals surface area contributed by atoms with Gasteiger partial charge in [-0.1, -0.05) is 52.2 Å². The Kier molecular flexibility index (Phi) is 5.96. The van der Waals surface area contributed by atoms with Crippen LogP contribution in [0.4, 0.5) is 0 Å². The number of carboxylic acids is 1. The maximum atomic E-state index is 12.1. The molecule has 3 heteroatoms. The lowest BCUT2D eigenvalue weighted by Crippen LogP contribution is -2.50. The maximum Gasteiger partial charge on any atom is 0.306 e. The highest BCUT2D eigenvalue weighted by molar-refractivity contribution is 5.82. The molecule has 4 unspecified atom stereocenters. The fraction of sp³-hybridized carbons (Fsp3) is 0.852. The number of carboxylic acid groups (broad SMARTS) is 1. The third kappa shape index (κ3) is 3.58. The zero-order valence-electron chi connectivity index (χ0n) is 19.6. The second kappa shape index (κ2) is 8.10. The molecule has 3 fully saturated rings. The van der Waals surface area contributed by atoms with Crippen LogP contribution in [0.2, 0.25) is 0 Å². The minimum Gasteiger partial charge on any atom is -0.481 e. The zero-order chi connectivity index (χ0) is 21.7. The van der Waals surface area contributed by atoms with Crippen molar-refractivity contribution in [2.24, 2.45) is 46.3 Å². The SMILES string of the molecule is CC(CCC[C@H](C)C(=O)O)[C@H]1CCC2C3CC=C4CC(=O)CC[C@]4(C)C3CC[C@@]21C. The van der Waals surface area contributed by atoms with Crippen molar-refractivity contribution in [1.29, 1.82) is 0 Å². The number of Topliss-reactive ketones (excluding diaryl/α,β-unsaturated/α-hetero) is 1. The van der Waals surface area contributed by atoms with Crippen molar-refractivity contribution in [2.45, 2.75) is 98.3 Å². The Morgan fingerprint density at radius 3 is 2.63 bits per heavy atom. The molecule has 30 heavy (non-hydrogen) atoms. The van der Waals surface area contributed by atoms with Gasteiger partial charge in [0.15, 0.2) is 0 Å². The minimum absolute atomic E-state index is 0.217. The average molecular weight is 415 g/mol. The molecule has 0 bridgehead atoms. The van der Waals surface area contributed by atoms with E-state index in [9.17, 15) is 9.59 Å². The largest absolute Gasteiger partial charge is 0.481 e. The molecule has 4 aliphatic rings. The summed E-state index contributed by atoms with van der Waals surface area (Å²) in [6, 6.07) is 0. The van der Waals surface area contributed by atoms with Crippen LogP contribution in [-0.2, 0) is 9.59 Å². The lowest BCUT2D eigenvalue weighted by molar-refractivity contribution is -0.141. The highest BCUT2D eigenvalue weighted by Crippen LogP contribution is 2.67. The number of hydrogen-bond donors (Lipinski definition) is 1. The third-order valence-corrected chi connectivity index (χ3v) is 10.4. The van der Waals surface area contributed by atoms with E-state index < -0.39 is 5.97 Å². The summed E-state index contributed by atoms with van der Waals surface area (Å²) in [5.41, 5.74) is 2.19. The summed E-state index contributed by atoms with van der Waals surface area (Å²) in [7, 11) is 0. The van der Waals surface area contributed by atoms with Gasteiger partial charge in [0.1, 0.15) is 5.78 Å². The summed E-state index contributed by atoms with van der Waals surface area (Å²) in [5, 5.41) is 9.16. The monoisotopic (exact) mass is 414 g/mol. The van der Waals surface area contributed by atoms with Gasteiger partial charge in [0.05, 0.1) is 5.92 Å². The standard InChI is InChI=1S/C27H42O3/c1-17(6-5-7-18(2)25(29)30)22-10-11-23-21-9-8-19-16-20(28)12-14-26(19,3)24(21)13-15-27(22,23)4/h8,17-18,21-24H,5-7,9-16H2,1-4H3,(H,29,30)/t17?,18-,21?,22+,23?,24?,26-,27+/m0/s1. The smallest absolute Gasteiger partial charge is 0.306 e. The molecule has 0 spiro atoms. The fourth-order valence-corrected chi connectivity index (χ4v) is 8.52. The van der Waals surface area contributed by atoms with E-state index in [0.29, 0.717) is 17.1 Å². The van der Waals surface area contributed by atoms with Crippen molar-refractivity contribution < 1.29 is 14.7 Å². The minimum atomic E-state index is -0.656. The molecule has 4 rings (SSSR count). The first kappa shape index (κ1) is 22.1. The molecule has 168 valence electrons. The van der Waals surface area contributed by atoms with Crippen molar-refractivity contribution in [3.8, 4) is 0 Å². The number of fused-ring (bicyclic) bond motifs is 5. The maximum absolute atomic E-state index is 12.1. The van der Waals surface area contributed by atoms with E-state index >= 15 is 0 Å². The van der Waals surface area contributed by atoms with Crippen LogP contribution in [0.5, 0.6) is 0 Å². The first-order valence-corrected chi connectivity index (χ1v) is 12.6. The summed E-state index contributed by atoms with van der Waals surface area (Å²) in [6.07, 6.45) is 14.7. The zero-order valence-corrected chi connectivity index (χ0v) is 19.6. The van der Waals surface area contributed by atoms with Gasteiger partial charge >= 0.3 is 5.97 Å². The number of carbonyl (C=O) groups excluding carboxylic acids is 1. The topological polar surface area (TPSA) is 54.4 Å². The molecular weight excluding hydrogens is 372 g/mol. The Morgan fingerprint density at radius 1 is 1.13 bits per heavy atom. The predicted molar refractivity (Wildman–Crippen MR) is 120 cm³/mol. The van der Waals surface area contributed by atoms with Gasteiger partial charge in [0.25, 0.3) is 0 Å². The van der Waals surface area contributed by atoms with Crippen molar-refractivity contribution in [3.05, 3.63) is 11.6 Å². The highest BCUT2D eigenvalue weighted by atomic mass is 16.4. The Hall–Kier alpha value is -1.12. The molecule has 0 aromatic heterocycles. The van der Waals surface area contributed by atoms with E-state index in [1.807, 2.05) is 6.92 Å². The van der Waals surface area contributed by atoms with Gasteiger partial charge in [-0.3, -0.25) is 9.59 Å². The van der Waals surface area contributed by atoms with Crippen molar-refractivity contribution >= 4 is 11.8 Å². The number of ketones is 1. The Bertz CT molecular complexity index is 724. The van der Waals surface area contributed by atoms with Gasteiger partial charge in [0.2, 0.25) is 0 Å². The van der Waals surface area contributed by atoms with E-state index in [2.05, 4.69) is 26.8 Å². The third-order valence-electron chi connectivity index (χ3n) is 10.4. The molecule has 1 N–H and O–H groups in total. The summed E-state index contributed by atoms with van der Waals surface area (Å²) in [6.45, 7) is 9.34. The van der Waals surface area contributed by atoms with Gasteiger partial charge in [-0.05, 0) is 85.4 Å². The summed E-state index contributed by atoms with van der Waals surface area (Å²) in [4.78, 5) is 23.2. The molecule has 0 amide bonds. The van der Waals surface area contributed by atoms with E-state index in [0.717, 1.165) is 55.8 Å². The molecule has 0 aromatic carbocycles. The second-order valence-electron chi connectivity index (χ2n) is 11.9. The molecule has 4 aliphatic carbocycles. The number of rotatable bonds is 6. The lowest BCUT2D eigenvalue weighted by Gasteiger charge is -2.58. The molecule has 3 nitrogen and oxygen atoms in total. The Morgan fingerprint density at radius 2 is 1.90 bits per heavy atom. The quantitative estimate of drug-likeness (QED) is 0.494. The van der Waals surface area contributed by atoms with Crippen LogP contribution in [0.25, 0.3) is 0 Å². The normalized spacial score (nSPS) is 42.5. The predicted octanol–water partition coefficient (Wildman–Crippen LogP) is 6.66. The number of allylic oxidation sites excluding steroid dienone is 2. The summed E-state index contributed by atoms with van der Waals surface area (Å²) >= 11 is 0. The first-order valence-electron chi connectivity index (χ1n) is 12.6. The van der Waals surface area contributed by atoms with Gasteiger partial charge in [-0.25, -0.2) is 0 Å². The fourth-order valence-electron chi connectivity index (χ4n) is 8.52. The van der Waals surface area contributed by atoms with E-state index in [1.54, 1.807) is 0 Å². The summed E-state index contributed by atoms with van der Waals surface area (Å²) in [5.74, 6) is 3.45. The molecule has 0 aliphatic heterocycles. The van der Waals surface area contributed by atoms with Crippen LogP contribution in [-0.4, -0.2) is 16.9 Å². The number of carbonyl (C=O) groups is 2. The van der Waals surface area contributed by atoms with Crippen LogP contribution in [0, 0.1) is 46.3 Å². The van der Waals surface area contributed by atoms with Gasteiger partial charge < -0.3 is 5.11 Å². The van der Waals surface area contributed by atoms with E-state index in [4.69, 9.17) is 5.11 Å². The highest BCUT2D eigenvalue weighted by Gasteiger charge is 2.59. The van der Waals surface area contributed by atoms with Crippen LogP contribution in [0.1, 0.15) is 98.3 Å². The van der Waals surface area contributed by atoms with E-state index in [1.165, 1.54) is 44.1 Å². The van der Waals surface area contributed by atoms with Crippen LogP contribution >= 0.6 is 0 Å². The molecule has 3 saturated carbocycles. The van der Waals surface area contributed by atoms with Gasteiger partial charge in [-0.2, -0.15) is 0 Å². The molecule has 0 heterocycles. The summed E-state index contributed by atoms with van der Waals surface area (Å²) < 4.78 is 0. The average Bonchev–Trinajstić information content (AvgIpc) is 3.05. The molecule has 0 saturated heterocycles. The van der Waals surface area contributed by atoms with Gasteiger partial charge in [0, 0.05) is 12.8 Å². The molecule has 8 atom stereocenters. The van der Waals surface area contributed by atoms with E-state index in [-0.39, 0.29) is 11.3 Å². The van der Waals surface area contributed by atoms with Crippen molar-refractivity contribution in [2.75, 3.05) is 0 Å². The number of hydrogen-bond acceptors (Lipinski definition) is 2. The van der Waals surface area contributed by atoms with Crippen LogP contribution in [0.15, 0.2) is 11.6 Å². The second-order valence-corrected chi connectivity index (χ2v) is 11.9. The van der Waals surface area contributed by atoms with Gasteiger partial charge in [-0.15, -0.1) is 0 Å². The molecule has 0 aromatic rings. The molecule has 0 radical (unpaired) electrons. The number of aliphatic carboxylic acids is 1. The Labute approximate surface area is 183 Å². The first-order chi connectivity index (χ1) is 14.2. The van der Waals surface area contributed by atoms with Crippen LogP contribution in [0.3, 0.4) is 0 Å². The molecular formula is C27H42O3. The van der Waals surface area contributed by atoms with Crippen LogP contribution < -0.4 is 0 Å². The van der Waals surface area contributed by atoms with Crippen molar-refractivity contribution in [1.82, 2.24) is 0 Å². The Balaban J connectivity index is 1.45. The van der Waals surface area contributed by atoms with Crippen molar-refractivity contribution in [3.63, 3.8) is 0 Å².